The average molecular weight is 297 g/mol. The zero-order valence-electron chi connectivity index (χ0n) is 11.3. The largest absolute Gasteiger partial charge is 0.369 e. The highest BCUT2D eigenvalue weighted by Crippen LogP contribution is 2.35. The molecule has 3 aromatic rings. The van der Waals surface area contributed by atoms with Crippen LogP contribution in [0.5, 0.6) is 0 Å². The number of rotatable bonds is 2. The van der Waals surface area contributed by atoms with Crippen molar-refractivity contribution in [3.8, 4) is 16.9 Å². The van der Waals surface area contributed by atoms with Crippen LogP contribution in [0.25, 0.3) is 16.9 Å². The minimum atomic E-state index is 0.689. The van der Waals surface area contributed by atoms with Crippen LogP contribution in [-0.4, -0.2) is 21.3 Å². The third-order valence-corrected chi connectivity index (χ3v) is 3.99. The van der Waals surface area contributed by atoms with Gasteiger partial charge < -0.3 is 5.32 Å². The molecule has 2 aromatic heterocycles. The normalized spacial score (nSPS) is 13.0. The number of anilines is 1. The van der Waals surface area contributed by atoms with Gasteiger partial charge in [0.25, 0.3) is 0 Å². The van der Waals surface area contributed by atoms with Crippen LogP contribution >= 0.6 is 11.6 Å². The number of hydrogen-bond donors (Lipinski definition) is 1. The number of nitrogens with one attached hydrogen (secondary N) is 1. The maximum absolute atomic E-state index is 6.31. The lowest BCUT2D eigenvalue weighted by atomic mass is 10.1. The second-order valence-corrected chi connectivity index (χ2v) is 5.36. The Kier molecular flexibility index (Phi) is 2.89. The first kappa shape index (κ1) is 12.4. The smallest absolute Gasteiger partial charge is 0.133 e. The quantitative estimate of drug-likeness (QED) is 0.786. The minimum absolute atomic E-state index is 0.689. The Morgan fingerprint density at radius 3 is 2.86 bits per heavy atom. The third-order valence-electron chi connectivity index (χ3n) is 3.67. The van der Waals surface area contributed by atoms with Gasteiger partial charge in [0.1, 0.15) is 5.82 Å². The molecule has 0 aliphatic carbocycles. The predicted molar refractivity (Wildman–Crippen MR) is 84.0 cm³/mol. The Morgan fingerprint density at radius 2 is 2.05 bits per heavy atom. The van der Waals surface area contributed by atoms with Gasteiger partial charge in [-0.1, -0.05) is 23.7 Å². The first-order valence-corrected chi connectivity index (χ1v) is 7.23. The fourth-order valence-corrected chi connectivity index (χ4v) is 2.92. The molecule has 4 rings (SSSR count). The van der Waals surface area contributed by atoms with E-state index in [4.69, 9.17) is 16.7 Å². The van der Waals surface area contributed by atoms with Crippen LogP contribution in [0, 0.1) is 0 Å². The van der Waals surface area contributed by atoms with Crippen LogP contribution in [0.1, 0.15) is 5.56 Å². The number of pyridine rings is 1. The molecule has 1 aliphatic rings. The van der Waals surface area contributed by atoms with Crippen molar-refractivity contribution >= 4 is 17.4 Å². The number of nitrogens with zero attached hydrogens (tertiary/aromatic N) is 3. The molecule has 0 atom stereocenters. The van der Waals surface area contributed by atoms with Crippen molar-refractivity contribution in [1.29, 1.82) is 0 Å². The van der Waals surface area contributed by atoms with Gasteiger partial charge in [-0.15, -0.1) is 0 Å². The fourth-order valence-electron chi connectivity index (χ4n) is 2.71. The molecule has 0 spiro atoms. The van der Waals surface area contributed by atoms with E-state index in [1.807, 2.05) is 47.3 Å². The number of para-hydroxylation sites is 1. The molecule has 1 aliphatic heterocycles. The van der Waals surface area contributed by atoms with E-state index in [-0.39, 0.29) is 0 Å². The van der Waals surface area contributed by atoms with E-state index < -0.39 is 0 Å². The van der Waals surface area contributed by atoms with Gasteiger partial charge in [-0.3, -0.25) is 4.98 Å². The van der Waals surface area contributed by atoms with Gasteiger partial charge in [-0.25, -0.2) is 4.68 Å². The van der Waals surface area contributed by atoms with Crippen molar-refractivity contribution in [3.63, 3.8) is 0 Å². The molecule has 3 heterocycles. The summed E-state index contributed by atoms with van der Waals surface area (Å²) < 4.78 is 1.90. The predicted octanol–water partition coefficient (Wildman–Crippen LogP) is 3.56. The zero-order chi connectivity index (χ0) is 14.2. The second kappa shape index (κ2) is 4.90. The summed E-state index contributed by atoms with van der Waals surface area (Å²) in [5.74, 6) is 1.03. The van der Waals surface area contributed by atoms with Crippen molar-refractivity contribution in [3.05, 3.63) is 59.4 Å². The van der Waals surface area contributed by atoms with Gasteiger partial charge in [0.2, 0.25) is 0 Å². The van der Waals surface area contributed by atoms with Gasteiger partial charge in [0.15, 0.2) is 0 Å². The number of fused-ring (bicyclic) bond motifs is 1. The Labute approximate surface area is 127 Å². The van der Waals surface area contributed by atoms with Gasteiger partial charge >= 0.3 is 0 Å². The molecule has 0 amide bonds. The molecule has 21 heavy (non-hydrogen) atoms. The second-order valence-electron chi connectivity index (χ2n) is 4.96. The number of benzene rings is 1. The van der Waals surface area contributed by atoms with Crippen molar-refractivity contribution in [2.24, 2.45) is 0 Å². The molecule has 0 saturated heterocycles. The summed E-state index contributed by atoms with van der Waals surface area (Å²) in [6, 6.07) is 11.7. The van der Waals surface area contributed by atoms with Crippen molar-refractivity contribution in [2.45, 2.75) is 6.42 Å². The van der Waals surface area contributed by atoms with Crippen LogP contribution in [0.4, 0.5) is 5.82 Å². The average Bonchev–Trinajstić information content (AvgIpc) is 3.11. The van der Waals surface area contributed by atoms with E-state index in [1.165, 1.54) is 5.56 Å². The van der Waals surface area contributed by atoms with Crippen molar-refractivity contribution in [2.75, 3.05) is 11.9 Å². The van der Waals surface area contributed by atoms with Gasteiger partial charge in [0.05, 0.1) is 16.4 Å². The van der Waals surface area contributed by atoms with Crippen LogP contribution in [-0.2, 0) is 6.42 Å². The lowest BCUT2D eigenvalue weighted by Crippen LogP contribution is -2.04. The summed E-state index contributed by atoms with van der Waals surface area (Å²) in [4.78, 5) is 4.19. The summed E-state index contributed by atoms with van der Waals surface area (Å²) in [6.45, 7) is 0.922. The Bertz CT molecular complexity index is 795. The fraction of sp³-hybridized carbons (Fsp3) is 0.125. The molecular formula is C16H13ClN4. The molecule has 5 heteroatoms. The van der Waals surface area contributed by atoms with E-state index in [2.05, 4.69) is 10.3 Å². The lowest BCUT2D eigenvalue weighted by Gasteiger charge is -2.07. The van der Waals surface area contributed by atoms with Gasteiger partial charge in [-0.2, -0.15) is 5.10 Å². The van der Waals surface area contributed by atoms with E-state index >= 15 is 0 Å². The van der Waals surface area contributed by atoms with Gasteiger partial charge in [-0.05, 0) is 30.7 Å². The molecular weight excluding hydrogens is 284 g/mol. The Balaban J connectivity index is 1.93. The van der Waals surface area contributed by atoms with Crippen molar-refractivity contribution < 1.29 is 0 Å². The lowest BCUT2D eigenvalue weighted by molar-refractivity contribution is 0.882. The monoisotopic (exact) mass is 296 g/mol. The maximum Gasteiger partial charge on any atom is 0.133 e. The molecule has 104 valence electrons. The summed E-state index contributed by atoms with van der Waals surface area (Å²) in [7, 11) is 0. The highest BCUT2D eigenvalue weighted by Gasteiger charge is 2.24. The zero-order valence-corrected chi connectivity index (χ0v) is 12.0. The summed E-state index contributed by atoms with van der Waals surface area (Å²) in [5.41, 5.74) is 4.12. The van der Waals surface area contributed by atoms with E-state index in [9.17, 15) is 0 Å². The molecule has 4 nitrogen and oxygen atoms in total. The summed E-state index contributed by atoms with van der Waals surface area (Å²) in [5, 5.41) is 8.86. The number of aromatic nitrogens is 3. The van der Waals surface area contributed by atoms with Crippen LogP contribution in [0.2, 0.25) is 5.02 Å². The molecule has 0 bridgehead atoms. The number of hydrogen-bond acceptors (Lipinski definition) is 3. The highest BCUT2D eigenvalue weighted by molar-refractivity contribution is 6.32. The van der Waals surface area contributed by atoms with Crippen molar-refractivity contribution in [1.82, 2.24) is 14.8 Å². The molecule has 0 unspecified atom stereocenters. The summed E-state index contributed by atoms with van der Waals surface area (Å²) >= 11 is 6.31. The topological polar surface area (TPSA) is 42.7 Å². The van der Waals surface area contributed by atoms with E-state index in [1.54, 1.807) is 6.20 Å². The minimum Gasteiger partial charge on any atom is -0.369 e. The maximum atomic E-state index is 6.31. The van der Waals surface area contributed by atoms with E-state index in [0.29, 0.717) is 5.02 Å². The Morgan fingerprint density at radius 1 is 1.14 bits per heavy atom. The van der Waals surface area contributed by atoms with Crippen LogP contribution in [0.3, 0.4) is 0 Å². The third kappa shape index (κ3) is 1.99. The van der Waals surface area contributed by atoms with E-state index in [0.717, 1.165) is 35.7 Å². The SMILES string of the molecule is Clc1ccccc1-n1nc(-c2cccnc2)c2c1NCC2. The first-order chi connectivity index (χ1) is 10.3. The molecule has 0 fully saturated rings. The Hall–Kier alpha value is -2.33. The standard InChI is InChI=1S/C16H13ClN4/c17-13-5-1-2-6-14(13)21-16-12(7-9-19-16)15(20-21)11-4-3-8-18-10-11/h1-6,8,10,19H,7,9H2. The highest BCUT2D eigenvalue weighted by atomic mass is 35.5. The molecule has 1 aromatic carbocycles. The molecule has 1 N–H and O–H groups in total. The van der Waals surface area contributed by atoms with Crippen LogP contribution < -0.4 is 5.32 Å². The van der Waals surface area contributed by atoms with Gasteiger partial charge in [0, 0.05) is 30.1 Å². The number of halogens is 1. The first-order valence-electron chi connectivity index (χ1n) is 6.85. The molecule has 0 radical (unpaired) electrons. The van der Waals surface area contributed by atoms with Crippen LogP contribution in [0.15, 0.2) is 48.8 Å². The molecule has 0 saturated carbocycles. The summed E-state index contributed by atoms with van der Waals surface area (Å²) in [6.07, 6.45) is 4.58.